The number of hydrogen-bond donors (Lipinski definition) is 0. The molecule has 1 aliphatic rings. The molecule has 0 amide bonds. The van der Waals surface area contributed by atoms with E-state index in [1.807, 2.05) is 0 Å². The minimum atomic E-state index is 1.03. The number of aromatic nitrogens is 2. The molecule has 106 valence electrons. The van der Waals surface area contributed by atoms with Gasteiger partial charge in [0.1, 0.15) is 17.0 Å². The van der Waals surface area contributed by atoms with Gasteiger partial charge in [0, 0.05) is 17.1 Å². The number of aryl methyl sites for hydroxylation is 3. The van der Waals surface area contributed by atoms with E-state index in [-0.39, 0.29) is 0 Å². The van der Waals surface area contributed by atoms with Crippen LogP contribution in [0.4, 0.5) is 11.5 Å². The summed E-state index contributed by atoms with van der Waals surface area (Å²) in [7, 11) is 0. The van der Waals surface area contributed by atoms with Crippen LogP contribution in [0.3, 0.4) is 0 Å². The Kier molecular flexibility index (Phi) is 2.93. The molecule has 1 aromatic carbocycles. The Morgan fingerprint density at radius 2 is 2.00 bits per heavy atom. The summed E-state index contributed by atoms with van der Waals surface area (Å²) in [6.07, 6.45) is 4.03. The molecule has 3 aromatic rings. The topological polar surface area (TPSA) is 29.0 Å². The van der Waals surface area contributed by atoms with Gasteiger partial charge in [-0.25, -0.2) is 9.97 Å². The van der Waals surface area contributed by atoms with Gasteiger partial charge in [-0.15, -0.1) is 11.3 Å². The van der Waals surface area contributed by atoms with Crippen LogP contribution in [0.5, 0.6) is 0 Å². The molecule has 0 atom stereocenters. The second-order valence-corrected chi connectivity index (χ2v) is 6.75. The summed E-state index contributed by atoms with van der Waals surface area (Å²) >= 11 is 1.76. The molecule has 0 saturated carbocycles. The predicted octanol–water partition coefficient (Wildman–Crippen LogP) is 4.39. The molecule has 3 nitrogen and oxygen atoms in total. The monoisotopic (exact) mass is 295 g/mol. The highest BCUT2D eigenvalue weighted by Gasteiger charge is 2.22. The van der Waals surface area contributed by atoms with Crippen molar-refractivity contribution in [3.05, 3.63) is 46.6 Å². The van der Waals surface area contributed by atoms with Crippen molar-refractivity contribution in [2.24, 2.45) is 0 Å². The van der Waals surface area contributed by atoms with E-state index in [1.54, 1.807) is 17.7 Å². The van der Waals surface area contributed by atoms with Crippen molar-refractivity contribution in [3.8, 4) is 0 Å². The Morgan fingerprint density at radius 1 is 1.14 bits per heavy atom. The zero-order chi connectivity index (χ0) is 14.4. The summed E-state index contributed by atoms with van der Waals surface area (Å²) in [6.45, 7) is 5.37. The highest BCUT2D eigenvalue weighted by molar-refractivity contribution is 7.18. The van der Waals surface area contributed by atoms with Crippen LogP contribution in [0.2, 0.25) is 0 Å². The third kappa shape index (κ3) is 1.94. The van der Waals surface area contributed by atoms with Gasteiger partial charge in [0.2, 0.25) is 0 Å². The lowest BCUT2D eigenvalue weighted by Crippen LogP contribution is -2.25. The van der Waals surface area contributed by atoms with E-state index in [2.05, 4.69) is 53.0 Å². The third-order valence-corrected chi connectivity index (χ3v) is 5.43. The zero-order valence-electron chi connectivity index (χ0n) is 12.3. The molecular formula is C17H17N3S. The van der Waals surface area contributed by atoms with Crippen molar-refractivity contribution < 1.29 is 0 Å². The summed E-state index contributed by atoms with van der Waals surface area (Å²) in [5.41, 5.74) is 4.03. The van der Waals surface area contributed by atoms with Gasteiger partial charge in [0.15, 0.2) is 0 Å². The molecule has 0 saturated heterocycles. The van der Waals surface area contributed by atoms with Crippen molar-refractivity contribution in [2.45, 2.75) is 26.7 Å². The van der Waals surface area contributed by atoms with Gasteiger partial charge in [-0.2, -0.15) is 0 Å². The van der Waals surface area contributed by atoms with E-state index in [4.69, 9.17) is 0 Å². The number of anilines is 2. The van der Waals surface area contributed by atoms with Crippen molar-refractivity contribution in [2.75, 3.05) is 11.4 Å². The summed E-state index contributed by atoms with van der Waals surface area (Å²) in [5, 5.41) is 1.22. The summed E-state index contributed by atoms with van der Waals surface area (Å²) < 4.78 is 0. The Morgan fingerprint density at radius 3 is 2.90 bits per heavy atom. The molecule has 21 heavy (non-hydrogen) atoms. The van der Waals surface area contributed by atoms with Gasteiger partial charge in [0.05, 0.1) is 5.39 Å². The van der Waals surface area contributed by atoms with Crippen LogP contribution in [-0.4, -0.2) is 16.5 Å². The first-order valence-electron chi connectivity index (χ1n) is 7.32. The molecule has 2 aromatic heterocycles. The second-order valence-electron chi connectivity index (χ2n) is 5.54. The highest BCUT2D eigenvalue weighted by atomic mass is 32.1. The number of fused-ring (bicyclic) bond motifs is 2. The molecule has 1 aliphatic heterocycles. The molecule has 4 rings (SSSR count). The Bertz CT molecular complexity index is 822. The van der Waals surface area contributed by atoms with Gasteiger partial charge in [-0.05, 0) is 43.9 Å². The maximum absolute atomic E-state index is 4.63. The lowest BCUT2D eigenvalue weighted by Gasteiger charge is -2.30. The SMILES string of the molecule is Cc1sc2ncnc(N3CCCc4ccccc43)c2c1C. The number of benzene rings is 1. The number of para-hydroxylation sites is 1. The highest BCUT2D eigenvalue weighted by Crippen LogP contribution is 2.39. The lowest BCUT2D eigenvalue weighted by molar-refractivity contribution is 0.761. The summed E-state index contributed by atoms with van der Waals surface area (Å²) in [4.78, 5) is 13.9. The quantitative estimate of drug-likeness (QED) is 0.666. The molecule has 0 unspecified atom stereocenters. The van der Waals surface area contributed by atoms with Crippen LogP contribution in [0, 0.1) is 13.8 Å². The van der Waals surface area contributed by atoms with Crippen LogP contribution in [0.25, 0.3) is 10.2 Å². The lowest BCUT2D eigenvalue weighted by atomic mass is 10.0. The fourth-order valence-corrected chi connectivity index (χ4v) is 4.11. The maximum Gasteiger partial charge on any atom is 0.145 e. The van der Waals surface area contributed by atoms with Gasteiger partial charge >= 0.3 is 0 Å². The van der Waals surface area contributed by atoms with Crippen molar-refractivity contribution in [3.63, 3.8) is 0 Å². The van der Waals surface area contributed by atoms with E-state index < -0.39 is 0 Å². The van der Waals surface area contributed by atoms with Crippen molar-refractivity contribution in [1.29, 1.82) is 0 Å². The van der Waals surface area contributed by atoms with E-state index in [0.29, 0.717) is 0 Å². The van der Waals surface area contributed by atoms with E-state index in [1.165, 1.54) is 33.5 Å². The van der Waals surface area contributed by atoms with Crippen molar-refractivity contribution in [1.82, 2.24) is 9.97 Å². The van der Waals surface area contributed by atoms with Crippen LogP contribution in [-0.2, 0) is 6.42 Å². The molecule has 0 aliphatic carbocycles. The van der Waals surface area contributed by atoms with Gasteiger partial charge in [-0.3, -0.25) is 0 Å². The van der Waals surface area contributed by atoms with E-state index in [9.17, 15) is 0 Å². The second kappa shape index (κ2) is 4.81. The normalized spacial score (nSPS) is 14.5. The summed E-state index contributed by atoms with van der Waals surface area (Å²) in [6, 6.07) is 8.67. The average molecular weight is 295 g/mol. The predicted molar refractivity (Wildman–Crippen MR) is 88.7 cm³/mol. The molecule has 3 heterocycles. The first kappa shape index (κ1) is 12.8. The fourth-order valence-electron chi connectivity index (χ4n) is 3.12. The standard InChI is InChI=1S/C17H17N3S/c1-11-12(2)21-17-15(11)16(18-10-19-17)20-9-5-7-13-6-3-4-8-14(13)20/h3-4,6,8,10H,5,7,9H2,1-2H3. The van der Waals surface area contributed by atoms with E-state index in [0.717, 1.165) is 23.6 Å². The minimum absolute atomic E-state index is 1.03. The first-order chi connectivity index (χ1) is 10.3. The van der Waals surface area contributed by atoms with Gasteiger partial charge in [-0.1, -0.05) is 18.2 Å². The van der Waals surface area contributed by atoms with Gasteiger partial charge < -0.3 is 4.90 Å². The van der Waals surface area contributed by atoms with E-state index >= 15 is 0 Å². The smallest absolute Gasteiger partial charge is 0.145 e. The van der Waals surface area contributed by atoms with Gasteiger partial charge in [0.25, 0.3) is 0 Å². The Balaban J connectivity index is 1.96. The number of nitrogens with zero attached hydrogens (tertiary/aromatic N) is 3. The zero-order valence-corrected chi connectivity index (χ0v) is 13.1. The number of hydrogen-bond acceptors (Lipinski definition) is 4. The molecule has 0 fully saturated rings. The van der Waals surface area contributed by atoms with Crippen molar-refractivity contribution >= 4 is 33.1 Å². The number of thiophene rings is 1. The molecule has 4 heteroatoms. The minimum Gasteiger partial charge on any atom is -0.325 e. The molecule has 0 bridgehead atoms. The first-order valence-corrected chi connectivity index (χ1v) is 8.13. The number of rotatable bonds is 1. The Labute approximate surface area is 128 Å². The molecular weight excluding hydrogens is 278 g/mol. The van der Waals surface area contributed by atoms with Crippen LogP contribution in [0.15, 0.2) is 30.6 Å². The fraction of sp³-hybridized carbons (Fsp3) is 0.294. The molecule has 0 spiro atoms. The van der Waals surface area contributed by atoms with Crippen LogP contribution < -0.4 is 4.90 Å². The molecule has 0 N–H and O–H groups in total. The largest absolute Gasteiger partial charge is 0.325 e. The third-order valence-electron chi connectivity index (χ3n) is 4.31. The van der Waals surface area contributed by atoms with Crippen LogP contribution >= 0.6 is 11.3 Å². The average Bonchev–Trinajstić information content (AvgIpc) is 2.82. The molecule has 0 radical (unpaired) electrons. The summed E-state index contributed by atoms with van der Waals surface area (Å²) in [5.74, 6) is 1.06. The maximum atomic E-state index is 4.63. The Hall–Kier alpha value is -1.94. The van der Waals surface area contributed by atoms with Crippen LogP contribution in [0.1, 0.15) is 22.4 Å².